The van der Waals surface area contributed by atoms with Crippen molar-refractivity contribution in [2.75, 3.05) is 29.6 Å². The SMILES string of the molecule is CSCCNc1c(N)c(C)nn1C. The molecule has 74 valence electrons. The first-order chi connectivity index (χ1) is 6.16. The monoisotopic (exact) mass is 200 g/mol. The molecule has 0 spiro atoms. The standard InChI is InChI=1S/C8H16N4S/c1-6-7(9)8(12(2)11-6)10-4-5-13-3/h10H,4-5,9H2,1-3H3. The van der Waals surface area contributed by atoms with Crippen LogP contribution in [0.2, 0.25) is 0 Å². The van der Waals surface area contributed by atoms with Crippen LogP contribution >= 0.6 is 11.8 Å². The van der Waals surface area contributed by atoms with Gasteiger partial charge in [-0.3, -0.25) is 4.68 Å². The maximum absolute atomic E-state index is 5.83. The molecule has 1 aromatic heterocycles. The molecule has 0 aliphatic rings. The Labute approximate surface area is 82.9 Å². The van der Waals surface area contributed by atoms with Crippen LogP contribution in [0.15, 0.2) is 0 Å². The summed E-state index contributed by atoms with van der Waals surface area (Å²) in [5.41, 5.74) is 7.47. The minimum Gasteiger partial charge on any atom is -0.394 e. The van der Waals surface area contributed by atoms with Crippen LogP contribution in [-0.4, -0.2) is 28.3 Å². The fraction of sp³-hybridized carbons (Fsp3) is 0.625. The molecule has 1 rings (SSSR count). The zero-order valence-electron chi connectivity index (χ0n) is 8.29. The first-order valence-electron chi connectivity index (χ1n) is 4.18. The van der Waals surface area contributed by atoms with Gasteiger partial charge in [-0.05, 0) is 13.2 Å². The fourth-order valence-electron chi connectivity index (χ4n) is 1.16. The second-order valence-electron chi connectivity index (χ2n) is 2.89. The van der Waals surface area contributed by atoms with Crippen LogP contribution in [0.5, 0.6) is 0 Å². The van der Waals surface area contributed by atoms with E-state index in [1.165, 1.54) is 0 Å². The van der Waals surface area contributed by atoms with Gasteiger partial charge in [0.2, 0.25) is 0 Å². The number of rotatable bonds is 4. The summed E-state index contributed by atoms with van der Waals surface area (Å²) in [6, 6.07) is 0. The lowest BCUT2D eigenvalue weighted by molar-refractivity contribution is 0.760. The van der Waals surface area contributed by atoms with Gasteiger partial charge in [0.05, 0.1) is 11.4 Å². The largest absolute Gasteiger partial charge is 0.394 e. The molecule has 0 atom stereocenters. The number of anilines is 2. The molecule has 3 N–H and O–H groups in total. The molecule has 0 aliphatic heterocycles. The Balaban J connectivity index is 2.64. The highest BCUT2D eigenvalue weighted by Gasteiger charge is 2.07. The second kappa shape index (κ2) is 4.41. The van der Waals surface area contributed by atoms with E-state index in [0.717, 1.165) is 29.5 Å². The summed E-state index contributed by atoms with van der Waals surface area (Å²) in [5, 5.41) is 7.47. The third kappa shape index (κ3) is 2.30. The van der Waals surface area contributed by atoms with Gasteiger partial charge in [-0.2, -0.15) is 16.9 Å². The first-order valence-corrected chi connectivity index (χ1v) is 5.58. The highest BCUT2D eigenvalue weighted by Crippen LogP contribution is 2.20. The maximum Gasteiger partial charge on any atom is 0.147 e. The summed E-state index contributed by atoms with van der Waals surface area (Å²) in [6.45, 7) is 2.83. The van der Waals surface area contributed by atoms with Crippen molar-refractivity contribution < 1.29 is 0 Å². The van der Waals surface area contributed by atoms with Crippen LogP contribution in [0, 0.1) is 6.92 Å². The van der Waals surface area contributed by atoms with Gasteiger partial charge >= 0.3 is 0 Å². The number of nitrogens with zero attached hydrogens (tertiary/aromatic N) is 2. The Hall–Kier alpha value is -0.840. The van der Waals surface area contributed by atoms with Crippen molar-refractivity contribution in [3.8, 4) is 0 Å². The van der Waals surface area contributed by atoms with Gasteiger partial charge in [0.1, 0.15) is 5.82 Å². The van der Waals surface area contributed by atoms with E-state index in [4.69, 9.17) is 5.73 Å². The highest BCUT2D eigenvalue weighted by atomic mass is 32.2. The molecule has 0 saturated carbocycles. The molecule has 13 heavy (non-hydrogen) atoms. The zero-order chi connectivity index (χ0) is 9.84. The van der Waals surface area contributed by atoms with E-state index < -0.39 is 0 Å². The van der Waals surface area contributed by atoms with Gasteiger partial charge in [-0.15, -0.1) is 0 Å². The normalized spacial score (nSPS) is 10.4. The summed E-state index contributed by atoms with van der Waals surface area (Å²) in [6.07, 6.45) is 2.08. The third-order valence-corrected chi connectivity index (χ3v) is 2.48. The molecule has 0 saturated heterocycles. The molecule has 0 aliphatic carbocycles. The third-order valence-electron chi connectivity index (χ3n) is 1.87. The Morgan fingerprint density at radius 1 is 1.62 bits per heavy atom. The predicted octanol–water partition coefficient (Wildman–Crippen LogP) is 1.09. The fourth-order valence-corrected chi connectivity index (χ4v) is 1.46. The number of thioether (sulfide) groups is 1. The lowest BCUT2D eigenvalue weighted by atomic mass is 10.4. The van der Waals surface area contributed by atoms with Crippen molar-refractivity contribution in [2.24, 2.45) is 7.05 Å². The van der Waals surface area contributed by atoms with Crippen LogP contribution in [0.3, 0.4) is 0 Å². The molecule has 0 amide bonds. The van der Waals surface area contributed by atoms with E-state index in [0.29, 0.717) is 0 Å². The molecular weight excluding hydrogens is 184 g/mol. The van der Waals surface area contributed by atoms with Crippen molar-refractivity contribution in [2.45, 2.75) is 6.92 Å². The van der Waals surface area contributed by atoms with E-state index >= 15 is 0 Å². The van der Waals surface area contributed by atoms with Crippen LogP contribution in [-0.2, 0) is 7.05 Å². The van der Waals surface area contributed by atoms with Crippen LogP contribution in [0.4, 0.5) is 11.5 Å². The smallest absolute Gasteiger partial charge is 0.147 e. The molecule has 0 fully saturated rings. The maximum atomic E-state index is 5.83. The number of aryl methyl sites for hydroxylation is 2. The first kappa shape index (κ1) is 10.2. The molecule has 0 radical (unpaired) electrons. The lowest BCUT2D eigenvalue weighted by Gasteiger charge is -2.05. The summed E-state index contributed by atoms with van der Waals surface area (Å²) in [5.74, 6) is 2.00. The van der Waals surface area contributed by atoms with Gasteiger partial charge < -0.3 is 11.1 Å². The second-order valence-corrected chi connectivity index (χ2v) is 3.88. The lowest BCUT2D eigenvalue weighted by Crippen LogP contribution is -2.09. The van der Waals surface area contributed by atoms with Gasteiger partial charge in [0.25, 0.3) is 0 Å². The molecule has 0 unspecified atom stereocenters. The minimum absolute atomic E-state index is 0.753. The van der Waals surface area contributed by atoms with Crippen molar-refractivity contribution in [3.63, 3.8) is 0 Å². The summed E-state index contributed by atoms with van der Waals surface area (Å²) in [4.78, 5) is 0. The average Bonchev–Trinajstić information content (AvgIpc) is 2.32. The van der Waals surface area contributed by atoms with Crippen LogP contribution in [0.1, 0.15) is 5.69 Å². The Kier molecular flexibility index (Phi) is 3.48. The van der Waals surface area contributed by atoms with Crippen LogP contribution < -0.4 is 11.1 Å². The van der Waals surface area contributed by atoms with Crippen molar-refractivity contribution in [1.29, 1.82) is 0 Å². The average molecular weight is 200 g/mol. The van der Waals surface area contributed by atoms with E-state index in [1.54, 1.807) is 16.4 Å². The van der Waals surface area contributed by atoms with Gasteiger partial charge in [0.15, 0.2) is 0 Å². The number of hydrogen-bond donors (Lipinski definition) is 2. The zero-order valence-corrected chi connectivity index (χ0v) is 9.11. The predicted molar refractivity (Wildman–Crippen MR) is 59.2 cm³/mol. The summed E-state index contributed by atoms with van der Waals surface area (Å²) in [7, 11) is 1.89. The molecule has 0 aromatic carbocycles. The van der Waals surface area contributed by atoms with Gasteiger partial charge in [-0.1, -0.05) is 0 Å². The number of nitrogens with two attached hydrogens (primary N) is 1. The van der Waals surface area contributed by atoms with E-state index in [9.17, 15) is 0 Å². The number of nitrogen functional groups attached to an aromatic ring is 1. The topological polar surface area (TPSA) is 55.9 Å². The molecule has 5 heteroatoms. The van der Waals surface area contributed by atoms with Crippen molar-refractivity contribution >= 4 is 23.3 Å². The van der Waals surface area contributed by atoms with E-state index in [2.05, 4.69) is 16.7 Å². The number of aromatic nitrogens is 2. The molecule has 1 heterocycles. The molecule has 0 bridgehead atoms. The molecule has 4 nitrogen and oxygen atoms in total. The summed E-state index contributed by atoms with van der Waals surface area (Å²) >= 11 is 1.81. The number of hydrogen-bond acceptors (Lipinski definition) is 4. The Morgan fingerprint density at radius 3 is 2.77 bits per heavy atom. The highest BCUT2D eigenvalue weighted by molar-refractivity contribution is 7.98. The summed E-state index contributed by atoms with van der Waals surface area (Å²) < 4.78 is 1.78. The number of nitrogens with one attached hydrogen (secondary N) is 1. The van der Waals surface area contributed by atoms with Gasteiger partial charge in [-0.25, -0.2) is 0 Å². The van der Waals surface area contributed by atoms with Crippen molar-refractivity contribution in [3.05, 3.63) is 5.69 Å². The van der Waals surface area contributed by atoms with Gasteiger partial charge in [0, 0.05) is 19.3 Å². The molecule has 1 aromatic rings. The quantitative estimate of drug-likeness (QED) is 0.714. The Morgan fingerprint density at radius 2 is 2.31 bits per heavy atom. The minimum atomic E-state index is 0.753. The van der Waals surface area contributed by atoms with Crippen molar-refractivity contribution in [1.82, 2.24) is 9.78 Å². The van der Waals surface area contributed by atoms with E-state index in [1.807, 2.05) is 14.0 Å². The van der Waals surface area contributed by atoms with E-state index in [-0.39, 0.29) is 0 Å². The Bertz CT molecular complexity index is 282. The van der Waals surface area contributed by atoms with Crippen LogP contribution in [0.25, 0.3) is 0 Å². The molecular formula is C8H16N4S.